The summed E-state index contributed by atoms with van der Waals surface area (Å²) in [6, 6.07) is 0. The molecule has 82 valence electrons. The van der Waals surface area contributed by atoms with Crippen molar-refractivity contribution in [2.24, 2.45) is 11.8 Å². The lowest BCUT2D eigenvalue weighted by Crippen LogP contribution is -2.50. The molecule has 0 aliphatic carbocycles. The Balaban J connectivity index is 2.54. The molecule has 14 heavy (non-hydrogen) atoms. The lowest BCUT2D eigenvalue weighted by molar-refractivity contribution is -0.156. The molecule has 1 fully saturated rings. The Morgan fingerprint density at radius 3 is 2.36 bits per heavy atom. The minimum absolute atomic E-state index is 0.00750. The Labute approximate surface area is 85.3 Å². The van der Waals surface area contributed by atoms with Gasteiger partial charge >= 0.3 is 0 Å². The molecule has 0 spiro atoms. The number of nitrogens with zero attached hydrogens (tertiary/aromatic N) is 1. The van der Waals surface area contributed by atoms with Crippen LogP contribution >= 0.6 is 0 Å². The van der Waals surface area contributed by atoms with Crippen molar-refractivity contribution in [1.82, 2.24) is 4.90 Å². The predicted molar refractivity (Wildman–Crippen MR) is 54.3 cm³/mol. The molecule has 1 heterocycles. The molecule has 0 radical (unpaired) electrons. The fourth-order valence-corrected chi connectivity index (χ4v) is 1.64. The maximum absolute atomic E-state index is 11.9. The first-order valence-corrected chi connectivity index (χ1v) is 5.14. The topological polar surface area (TPSA) is 55.6 Å². The number of amides is 1. The quantitative estimate of drug-likeness (QED) is 0.674. The summed E-state index contributed by atoms with van der Waals surface area (Å²) < 4.78 is 0. The van der Waals surface area contributed by atoms with Crippen LogP contribution in [0.4, 0.5) is 0 Å². The highest BCUT2D eigenvalue weighted by Gasteiger charge is 2.33. The first-order valence-electron chi connectivity index (χ1n) is 5.14. The van der Waals surface area contributed by atoms with Gasteiger partial charge in [0.05, 0.1) is 0 Å². The van der Waals surface area contributed by atoms with E-state index in [0.29, 0.717) is 0 Å². The van der Waals surface area contributed by atoms with Gasteiger partial charge in [0.15, 0.2) is 5.60 Å². The smallest absolute Gasteiger partial charge is 0.256 e. The molecule has 1 aliphatic heterocycles. The number of carbonyl (C=O) groups is 1. The van der Waals surface area contributed by atoms with Crippen molar-refractivity contribution < 1.29 is 9.63 Å². The second kappa shape index (κ2) is 4.28. The van der Waals surface area contributed by atoms with Gasteiger partial charge in [0.2, 0.25) is 0 Å². The van der Waals surface area contributed by atoms with Crippen molar-refractivity contribution in [3.63, 3.8) is 0 Å². The molecule has 0 aromatic rings. The fourth-order valence-electron chi connectivity index (χ4n) is 1.64. The van der Waals surface area contributed by atoms with E-state index < -0.39 is 5.60 Å². The zero-order chi connectivity index (χ0) is 10.8. The van der Waals surface area contributed by atoms with E-state index in [4.69, 9.17) is 5.90 Å². The number of carbonyl (C=O) groups excluding carboxylic acids is 1. The molecule has 1 aliphatic rings. The largest absolute Gasteiger partial charge is 0.340 e. The van der Waals surface area contributed by atoms with Crippen LogP contribution < -0.4 is 5.90 Å². The number of hydrogen-bond acceptors (Lipinski definition) is 3. The Hall–Kier alpha value is -0.610. The molecule has 4 heteroatoms. The number of likely N-dealkylation sites (tertiary alicyclic amines) is 1. The summed E-state index contributed by atoms with van der Waals surface area (Å²) in [6.45, 7) is 7.27. The van der Waals surface area contributed by atoms with Gasteiger partial charge in [-0.25, -0.2) is 5.90 Å². The van der Waals surface area contributed by atoms with E-state index in [1.54, 1.807) is 13.8 Å². The standard InChI is InChI=1S/C10H20N2O2/c1-8-4-6-12(7-5-8)9(13)10(2,3)14-11/h8H,4-7,11H2,1-3H3. The minimum Gasteiger partial charge on any atom is -0.340 e. The normalized spacial score (nSPS) is 19.9. The highest BCUT2D eigenvalue weighted by molar-refractivity contribution is 5.84. The molecular weight excluding hydrogens is 180 g/mol. The highest BCUT2D eigenvalue weighted by Crippen LogP contribution is 2.19. The summed E-state index contributed by atoms with van der Waals surface area (Å²) in [6.07, 6.45) is 2.15. The molecule has 1 rings (SSSR count). The van der Waals surface area contributed by atoms with Crippen LogP contribution in [0.2, 0.25) is 0 Å². The van der Waals surface area contributed by atoms with Crippen molar-refractivity contribution in [3.05, 3.63) is 0 Å². The Morgan fingerprint density at radius 2 is 1.93 bits per heavy atom. The van der Waals surface area contributed by atoms with Crippen LogP contribution in [0.3, 0.4) is 0 Å². The maximum atomic E-state index is 11.9. The monoisotopic (exact) mass is 200 g/mol. The third kappa shape index (κ3) is 2.45. The zero-order valence-electron chi connectivity index (χ0n) is 9.25. The SMILES string of the molecule is CC1CCN(C(=O)C(C)(C)ON)CC1. The van der Waals surface area contributed by atoms with Gasteiger partial charge < -0.3 is 4.90 Å². The second-order valence-electron chi connectivity index (χ2n) is 4.60. The van der Waals surface area contributed by atoms with E-state index >= 15 is 0 Å². The minimum atomic E-state index is -0.888. The van der Waals surface area contributed by atoms with Crippen molar-refractivity contribution >= 4 is 5.91 Å². The van der Waals surface area contributed by atoms with Crippen molar-refractivity contribution in [2.75, 3.05) is 13.1 Å². The summed E-state index contributed by atoms with van der Waals surface area (Å²) in [5.74, 6) is 5.81. The summed E-state index contributed by atoms with van der Waals surface area (Å²) in [5, 5.41) is 0. The number of hydrogen-bond donors (Lipinski definition) is 1. The third-order valence-corrected chi connectivity index (χ3v) is 2.88. The molecule has 1 saturated heterocycles. The maximum Gasteiger partial charge on any atom is 0.256 e. The van der Waals surface area contributed by atoms with Gasteiger partial charge in [-0.1, -0.05) is 6.92 Å². The number of rotatable bonds is 2. The van der Waals surface area contributed by atoms with E-state index in [-0.39, 0.29) is 5.91 Å². The van der Waals surface area contributed by atoms with Gasteiger partial charge in [-0.3, -0.25) is 9.63 Å². The Morgan fingerprint density at radius 1 is 1.43 bits per heavy atom. The number of nitrogens with two attached hydrogens (primary N) is 1. The summed E-state index contributed by atoms with van der Waals surface area (Å²) >= 11 is 0. The van der Waals surface area contributed by atoms with E-state index in [2.05, 4.69) is 11.8 Å². The lowest BCUT2D eigenvalue weighted by atomic mass is 9.97. The molecule has 0 aromatic carbocycles. The van der Waals surface area contributed by atoms with Gasteiger partial charge in [-0.2, -0.15) is 0 Å². The van der Waals surface area contributed by atoms with Crippen LogP contribution in [0.5, 0.6) is 0 Å². The first kappa shape index (κ1) is 11.5. The van der Waals surface area contributed by atoms with Gasteiger partial charge in [0.25, 0.3) is 5.91 Å². The van der Waals surface area contributed by atoms with Crippen LogP contribution in [0.15, 0.2) is 0 Å². The summed E-state index contributed by atoms with van der Waals surface area (Å²) in [7, 11) is 0. The first-order chi connectivity index (χ1) is 6.47. The second-order valence-corrected chi connectivity index (χ2v) is 4.60. The van der Waals surface area contributed by atoms with E-state index in [9.17, 15) is 4.79 Å². The van der Waals surface area contributed by atoms with Crippen LogP contribution in [0.25, 0.3) is 0 Å². The summed E-state index contributed by atoms with van der Waals surface area (Å²) in [4.78, 5) is 18.4. The molecule has 1 amide bonds. The fraction of sp³-hybridized carbons (Fsp3) is 0.900. The lowest BCUT2D eigenvalue weighted by Gasteiger charge is -2.34. The average molecular weight is 200 g/mol. The molecule has 2 N–H and O–H groups in total. The Kier molecular flexibility index (Phi) is 3.50. The van der Waals surface area contributed by atoms with Crippen molar-refractivity contribution in [1.29, 1.82) is 0 Å². The molecule has 0 aromatic heterocycles. The molecule has 0 bridgehead atoms. The predicted octanol–water partition coefficient (Wildman–Crippen LogP) is 0.914. The zero-order valence-corrected chi connectivity index (χ0v) is 9.25. The van der Waals surface area contributed by atoms with Gasteiger partial charge in [-0.15, -0.1) is 0 Å². The van der Waals surface area contributed by atoms with E-state index in [1.165, 1.54) is 0 Å². The molecule has 0 unspecified atom stereocenters. The number of piperidine rings is 1. The highest BCUT2D eigenvalue weighted by atomic mass is 16.6. The molecule has 4 nitrogen and oxygen atoms in total. The van der Waals surface area contributed by atoms with Crippen molar-refractivity contribution in [2.45, 2.75) is 39.2 Å². The molecule has 0 atom stereocenters. The van der Waals surface area contributed by atoms with Crippen LogP contribution in [0, 0.1) is 5.92 Å². The Bertz CT molecular complexity index is 208. The molecule has 0 saturated carbocycles. The van der Waals surface area contributed by atoms with Crippen LogP contribution in [0.1, 0.15) is 33.6 Å². The van der Waals surface area contributed by atoms with E-state index in [0.717, 1.165) is 31.8 Å². The average Bonchev–Trinajstić information content (AvgIpc) is 2.18. The van der Waals surface area contributed by atoms with Crippen LogP contribution in [-0.4, -0.2) is 29.5 Å². The van der Waals surface area contributed by atoms with E-state index in [1.807, 2.05) is 4.90 Å². The molecular formula is C10H20N2O2. The van der Waals surface area contributed by atoms with Gasteiger partial charge in [0.1, 0.15) is 0 Å². The summed E-state index contributed by atoms with van der Waals surface area (Å²) in [5.41, 5.74) is -0.888. The van der Waals surface area contributed by atoms with Gasteiger partial charge in [-0.05, 0) is 32.6 Å². The third-order valence-electron chi connectivity index (χ3n) is 2.88. The van der Waals surface area contributed by atoms with Crippen molar-refractivity contribution in [3.8, 4) is 0 Å². The van der Waals surface area contributed by atoms with Crippen LogP contribution in [-0.2, 0) is 9.63 Å². The van der Waals surface area contributed by atoms with Gasteiger partial charge in [0, 0.05) is 13.1 Å².